The van der Waals surface area contributed by atoms with Gasteiger partial charge in [0, 0.05) is 12.7 Å². The van der Waals surface area contributed by atoms with Gasteiger partial charge >= 0.3 is 0 Å². The van der Waals surface area contributed by atoms with Crippen molar-refractivity contribution < 1.29 is 9.47 Å². The minimum Gasteiger partial charge on any atom is -0.491 e. The minimum absolute atomic E-state index is 0.436. The Morgan fingerprint density at radius 2 is 2.20 bits per heavy atom. The van der Waals surface area contributed by atoms with E-state index < -0.39 is 0 Å². The fourth-order valence-electron chi connectivity index (χ4n) is 1.10. The van der Waals surface area contributed by atoms with Crippen molar-refractivity contribution in [2.45, 2.75) is 6.92 Å². The zero-order valence-corrected chi connectivity index (χ0v) is 8.69. The lowest BCUT2D eigenvalue weighted by molar-refractivity contribution is 0.110. The number of hydrogen-bond donors (Lipinski definition) is 1. The first kappa shape index (κ1) is 11.3. The number of anilines is 1. The third-order valence-corrected chi connectivity index (χ3v) is 1.84. The smallest absolute Gasteiger partial charge is 0.121 e. The van der Waals surface area contributed by atoms with E-state index in [4.69, 9.17) is 20.5 Å². The maximum atomic E-state index is 8.66. The van der Waals surface area contributed by atoms with Crippen LogP contribution in [0.2, 0.25) is 0 Å². The quantitative estimate of drug-likeness (QED) is 0.586. The summed E-state index contributed by atoms with van der Waals surface area (Å²) < 4.78 is 10.5. The number of hydrogen-bond acceptors (Lipinski definition) is 4. The Hall–Kier alpha value is -1.73. The molecule has 0 aliphatic rings. The first-order chi connectivity index (χ1) is 7.27. The lowest BCUT2D eigenvalue weighted by Gasteiger charge is -2.07. The normalized spacial score (nSPS) is 9.60. The molecule has 0 atom stereocenters. The first-order valence-electron chi connectivity index (χ1n) is 4.78. The summed E-state index contributed by atoms with van der Waals surface area (Å²) in [6, 6.07) is 7.00. The molecule has 0 saturated carbocycles. The maximum absolute atomic E-state index is 8.66. The summed E-state index contributed by atoms with van der Waals surface area (Å²) in [5.74, 6) is 0.659. The van der Waals surface area contributed by atoms with Gasteiger partial charge in [-0.05, 0) is 19.1 Å². The molecular formula is C11H14N2O2. The molecule has 0 aromatic heterocycles. The third kappa shape index (κ3) is 3.49. The summed E-state index contributed by atoms with van der Waals surface area (Å²) in [7, 11) is 0. The largest absolute Gasteiger partial charge is 0.491 e. The molecule has 0 saturated heterocycles. The van der Waals surface area contributed by atoms with Gasteiger partial charge in [-0.2, -0.15) is 5.26 Å². The highest BCUT2D eigenvalue weighted by Crippen LogP contribution is 2.18. The van der Waals surface area contributed by atoms with Gasteiger partial charge in [0.15, 0.2) is 0 Å². The number of rotatable bonds is 5. The second-order valence-corrected chi connectivity index (χ2v) is 2.91. The molecule has 2 N–H and O–H groups in total. The Bertz CT molecular complexity index is 358. The van der Waals surface area contributed by atoms with Crippen LogP contribution in [-0.2, 0) is 4.74 Å². The number of nitriles is 1. The number of nitrogens with two attached hydrogens (primary N) is 1. The number of ether oxygens (including phenoxy) is 2. The molecule has 0 fully saturated rings. The maximum Gasteiger partial charge on any atom is 0.121 e. The van der Waals surface area contributed by atoms with Gasteiger partial charge in [-0.3, -0.25) is 0 Å². The molecule has 80 valence electrons. The fourth-order valence-corrected chi connectivity index (χ4v) is 1.10. The van der Waals surface area contributed by atoms with Crippen LogP contribution in [0.15, 0.2) is 18.2 Å². The van der Waals surface area contributed by atoms with E-state index in [1.54, 1.807) is 18.2 Å². The molecule has 1 aromatic carbocycles. The molecule has 0 spiro atoms. The van der Waals surface area contributed by atoms with Crippen LogP contribution >= 0.6 is 0 Å². The molecule has 0 bridgehead atoms. The summed E-state index contributed by atoms with van der Waals surface area (Å²) in [5, 5.41) is 8.66. The standard InChI is InChI=1S/C11H14N2O2/c1-2-14-5-6-15-10-4-3-9(8-12)11(13)7-10/h3-4,7H,2,5-6,13H2,1H3. The molecule has 0 heterocycles. The fraction of sp³-hybridized carbons (Fsp3) is 0.364. The van der Waals surface area contributed by atoms with Crippen molar-refractivity contribution in [3.63, 3.8) is 0 Å². The molecular weight excluding hydrogens is 192 g/mol. The summed E-state index contributed by atoms with van der Waals surface area (Å²) in [6.45, 7) is 3.65. The summed E-state index contributed by atoms with van der Waals surface area (Å²) >= 11 is 0. The van der Waals surface area contributed by atoms with Gasteiger partial charge < -0.3 is 15.2 Å². The molecule has 0 unspecified atom stereocenters. The van der Waals surface area contributed by atoms with E-state index in [-0.39, 0.29) is 0 Å². The SMILES string of the molecule is CCOCCOc1ccc(C#N)c(N)c1. The van der Waals surface area contributed by atoms with E-state index in [0.717, 1.165) is 0 Å². The molecule has 1 rings (SSSR count). The summed E-state index contributed by atoms with van der Waals surface area (Å²) in [6.07, 6.45) is 0. The van der Waals surface area contributed by atoms with Gasteiger partial charge in [-0.15, -0.1) is 0 Å². The van der Waals surface area contributed by atoms with E-state index in [0.29, 0.717) is 36.8 Å². The monoisotopic (exact) mass is 206 g/mol. The van der Waals surface area contributed by atoms with Gasteiger partial charge in [-0.25, -0.2) is 0 Å². The van der Waals surface area contributed by atoms with Crippen LogP contribution in [-0.4, -0.2) is 19.8 Å². The van der Waals surface area contributed by atoms with E-state index in [1.807, 2.05) is 13.0 Å². The Kier molecular flexibility index (Phi) is 4.45. The zero-order chi connectivity index (χ0) is 11.1. The highest BCUT2D eigenvalue weighted by Gasteiger charge is 2.00. The molecule has 0 aliphatic heterocycles. The van der Waals surface area contributed by atoms with E-state index in [1.165, 1.54) is 0 Å². The predicted molar refractivity (Wildman–Crippen MR) is 57.6 cm³/mol. The van der Waals surface area contributed by atoms with Crippen LogP contribution in [0.25, 0.3) is 0 Å². The van der Waals surface area contributed by atoms with Crippen LogP contribution in [0.3, 0.4) is 0 Å². The number of nitrogens with zero attached hydrogens (tertiary/aromatic N) is 1. The Balaban J connectivity index is 2.49. The van der Waals surface area contributed by atoms with Crippen molar-refractivity contribution in [1.29, 1.82) is 5.26 Å². The van der Waals surface area contributed by atoms with Gasteiger partial charge in [0.2, 0.25) is 0 Å². The van der Waals surface area contributed by atoms with E-state index >= 15 is 0 Å². The lowest BCUT2D eigenvalue weighted by atomic mass is 10.2. The average molecular weight is 206 g/mol. The third-order valence-electron chi connectivity index (χ3n) is 1.84. The van der Waals surface area contributed by atoms with Crippen molar-refractivity contribution in [2.24, 2.45) is 0 Å². The second-order valence-electron chi connectivity index (χ2n) is 2.91. The van der Waals surface area contributed by atoms with Crippen LogP contribution in [0, 0.1) is 11.3 Å². The van der Waals surface area contributed by atoms with Crippen molar-refractivity contribution in [2.75, 3.05) is 25.6 Å². The first-order valence-corrected chi connectivity index (χ1v) is 4.78. The number of nitrogen functional groups attached to an aromatic ring is 1. The number of benzene rings is 1. The Morgan fingerprint density at radius 1 is 1.40 bits per heavy atom. The van der Waals surface area contributed by atoms with Crippen molar-refractivity contribution in [3.05, 3.63) is 23.8 Å². The van der Waals surface area contributed by atoms with Gasteiger partial charge in [0.05, 0.1) is 17.9 Å². The minimum atomic E-state index is 0.436. The molecule has 1 aromatic rings. The predicted octanol–water partition coefficient (Wildman–Crippen LogP) is 1.56. The van der Waals surface area contributed by atoms with Crippen LogP contribution < -0.4 is 10.5 Å². The van der Waals surface area contributed by atoms with Crippen LogP contribution in [0.4, 0.5) is 5.69 Å². The topological polar surface area (TPSA) is 68.3 Å². The van der Waals surface area contributed by atoms with Gasteiger partial charge in [0.1, 0.15) is 18.4 Å². The zero-order valence-electron chi connectivity index (χ0n) is 8.69. The van der Waals surface area contributed by atoms with Crippen LogP contribution in [0.5, 0.6) is 5.75 Å². The van der Waals surface area contributed by atoms with E-state index in [9.17, 15) is 0 Å². The molecule has 0 aliphatic carbocycles. The Morgan fingerprint density at radius 3 is 2.80 bits per heavy atom. The van der Waals surface area contributed by atoms with Gasteiger partial charge in [-0.1, -0.05) is 0 Å². The highest BCUT2D eigenvalue weighted by atomic mass is 16.5. The van der Waals surface area contributed by atoms with Crippen molar-refractivity contribution in [3.8, 4) is 11.8 Å². The molecule has 0 radical (unpaired) electrons. The second kappa shape index (κ2) is 5.89. The Labute approximate surface area is 89.2 Å². The molecule has 4 heteroatoms. The summed E-state index contributed by atoms with van der Waals surface area (Å²) in [5.41, 5.74) is 6.53. The highest BCUT2D eigenvalue weighted by molar-refractivity contribution is 5.56. The van der Waals surface area contributed by atoms with E-state index in [2.05, 4.69) is 0 Å². The molecule has 15 heavy (non-hydrogen) atoms. The van der Waals surface area contributed by atoms with Crippen molar-refractivity contribution >= 4 is 5.69 Å². The van der Waals surface area contributed by atoms with Crippen molar-refractivity contribution in [1.82, 2.24) is 0 Å². The van der Waals surface area contributed by atoms with Crippen LogP contribution in [0.1, 0.15) is 12.5 Å². The summed E-state index contributed by atoms with van der Waals surface area (Å²) in [4.78, 5) is 0. The molecule has 0 amide bonds. The van der Waals surface area contributed by atoms with Gasteiger partial charge in [0.25, 0.3) is 0 Å². The lowest BCUT2D eigenvalue weighted by Crippen LogP contribution is -2.06. The molecule has 4 nitrogen and oxygen atoms in total. The average Bonchev–Trinajstić information content (AvgIpc) is 2.25.